The predicted molar refractivity (Wildman–Crippen MR) is 74.0 cm³/mol. The molecule has 2 amide bonds. The number of carbonyl (C=O) groups excluding carboxylic acids is 2. The molecule has 0 bridgehead atoms. The Morgan fingerprint density at radius 2 is 2.10 bits per heavy atom. The highest BCUT2D eigenvalue weighted by Crippen LogP contribution is 2.23. The Hall–Kier alpha value is -2.41. The Balaban J connectivity index is 2.13. The Morgan fingerprint density at radius 1 is 1.33 bits per heavy atom. The zero-order chi connectivity index (χ0) is 15.4. The van der Waals surface area contributed by atoms with Crippen molar-refractivity contribution in [1.82, 2.24) is 5.32 Å². The molecule has 0 fully saturated rings. The molecule has 1 aliphatic rings. The Morgan fingerprint density at radius 3 is 2.76 bits per heavy atom. The van der Waals surface area contributed by atoms with Crippen LogP contribution in [0.15, 0.2) is 18.2 Å². The van der Waals surface area contributed by atoms with Gasteiger partial charge in [0.15, 0.2) is 0 Å². The lowest BCUT2D eigenvalue weighted by Gasteiger charge is -2.18. The van der Waals surface area contributed by atoms with E-state index in [1.807, 2.05) is 0 Å². The normalized spacial score (nSPS) is 14.8. The van der Waals surface area contributed by atoms with E-state index in [1.165, 1.54) is 6.07 Å². The molecule has 0 aliphatic carbocycles. The highest BCUT2D eigenvalue weighted by molar-refractivity contribution is 5.99. The third-order valence-electron chi connectivity index (χ3n) is 3.28. The van der Waals surface area contributed by atoms with Gasteiger partial charge < -0.3 is 20.8 Å². The monoisotopic (exact) mass is 292 g/mol. The lowest BCUT2D eigenvalue weighted by Crippen LogP contribution is -2.41. The lowest BCUT2D eigenvalue weighted by molar-refractivity contribution is -0.139. The van der Waals surface area contributed by atoms with Gasteiger partial charge in [0.05, 0.1) is 0 Å². The van der Waals surface area contributed by atoms with Crippen LogP contribution in [0.5, 0.6) is 0 Å². The number of carbonyl (C=O) groups is 3. The third-order valence-corrected chi connectivity index (χ3v) is 3.28. The van der Waals surface area contributed by atoms with Gasteiger partial charge in [-0.25, -0.2) is 4.79 Å². The van der Waals surface area contributed by atoms with Gasteiger partial charge >= 0.3 is 5.97 Å². The van der Waals surface area contributed by atoms with Crippen LogP contribution in [0.4, 0.5) is 5.69 Å². The van der Waals surface area contributed by atoms with E-state index in [2.05, 4.69) is 10.6 Å². The highest BCUT2D eigenvalue weighted by atomic mass is 16.4. The summed E-state index contributed by atoms with van der Waals surface area (Å²) in [5.74, 6) is -1.77. The standard InChI is InChI=1S/C14H16N2O5/c17-6-5-11(14(20)21)16-13(19)9-1-3-10-8(7-9)2-4-12(18)15-10/h1,3,7,11,17H,2,4-6H2,(H,15,18)(H,16,19)(H,20,21)/t11-/m1/s1. The van der Waals surface area contributed by atoms with E-state index in [1.54, 1.807) is 12.1 Å². The fourth-order valence-electron chi connectivity index (χ4n) is 2.15. The summed E-state index contributed by atoms with van der Waals surface area (Å²) in [6.45, 7) is -0.326. The quantitative estimate of drug-likeness (QED) is 0.616. The van der Waals surface area contributed by atoms with Crippen LogP contribution in [0.25, 0.3) is 0 Å². The van der Waals surface area contributed by atoms with E-state index in [0.717, 1.165) is 5.56 Å². The van der Waals surface area contributed by atoms with E-state index in [4.69, 9.17) is 10.2 Å². The summed E-state index contributed by atoms with van der Waals surface area (Å²) in [7, 11) is 0. The van der Waals surface area contributed by atoms with Crippen LogP contribution in [0.2, 0.25) is 0 Å². The average Bonchev–Trinajstić information content (AvgIpc) is 2.45. The van der Waals surface area contributed by atoms with Crippen LogP contribution in [0.3, 0.4) is 0 Å². The Bertz CT molecular complexity index is 585. The molecule has 0 unspecified atom stereocenters. The molecule has 1 atom stereocenters. The molecule has 7 nitrogen and oxygen atoms in total. The van der Waals surface area contributed by atoms with Crippen molar-refractivity contribution < 1.29 is 24.6 Å². The predicted octanol–water partition coefficient (Wildman–Crippen LogP) is 0.137. The topological polar surface area (TPSA) is 116 Å². The number of rotatable bonds is 5. The minimum atomic E-state index is -1.19. The fourth-order valence-corrected chi connectivity index (χ4v) is 2.15. The van der Waals surface area contributed by atoms with Gasteiger partial charge in [0.2, 0.25) is 5.91 Å². The number of fused-ring (bicyclic) bond motifs is 1. The maximum absolute atomic E-state index is 12.0. The van der Waals surface area contributed by atoms with Crippen LogP contribution in [0, 0.1) is 0 Å². The molecule has 1 aromatic rings. The maximum atomic E-state index is 12.0. The number of amides is 2. The summed E-state index contributed by atoms with van der Waals surface area (Å²) < 4.78 is 0. The molecule has 1 aliphatic heterocycles. The molecule has 1 aromatic carbocycles. The van der Waals surface area contributed by atoms with Crippen molar-refractivity contribution in [1.29, 1.82) is 0 Å². The zero-order valence-corrected chi connectivity index (χ0v) is 11.3. The zero-order valence-electron chi connectivity index (χ0n) is 11.3. The number of aliphatic hydroxyl groups is 1. The lowest BCUT2D eigenvalue weighted by atomic mass is 10.00. The van der Waals surface area contributed by atoms with E-state index in [0.29, 0.717) is 24.1 Å². The molecule has 7 heteroatoms. The summed E-state index contributed by atoms with van der Waals surface area (Å²) in [6, 6.07) is 3.67. The van der Waals surface area contributed by atoms with Crippen LogP contribution in [-0.4, -0.2) is 40.6 Å². The number of nitrogens with one attached hydrogen (secondary N) is 2. The van der Waals surface area contributed by atoms with Crippen molar-refractivity contribution in [3.05, 3.63) is 29.3 Å². The van der Waals surface area contributed by atoms with Crippen molar-refractivity contribution in [2.45, 2.75) is 25.3 Å². The molecule has 0 saturated carbocycles. The van der Waals surface area contributed by atoms with E-state index < -0.39 is 17.9 Å². The number of carboxylic acid groups (broad SMARTS) is 1. The molecule has 1 heterocycles. The second kappa shape index (κ2) is 6.36. The second-order valence-corrected chi connectivity index (χ2v) is 4.80. The number of hydrogen-bond donors (Lipinski definition) is 4. The summed E-state index contributed by atoms with van der Waals surface area (Å²) in [5, 5.41) is 22.8. The first-order valence-corrected chi connectivity index (χ1v) is 6.58. The first-order valence-electron chi connectivity index (χ1n) is 6.58. The number of aliphatic carboxylic acids is 1. The molecular formula is C14H16N2O5. The SMILES string of the molecule is O=C1CCc2cc(C(=O)N[C@H](CCO)C(=O)O)ccc2N1. The number of aryl methyl sites for hydroxylation is 1. The molecule has 0 aromatic heterocycles. The van der Waals surface area contributed by atoms with Gasteiger partial charge in [-0.1, -0.05) is 0 Å². The van der Waals surface area contributed by atoms with Crippen molar-refractivity contribution in [3.8, 4) is 0 Å². The Kier molecular flexibility index (Phi) is 4.54. The average molecular weight is 292 g/mol. The first-order chi connectivity index (χ1) is 10.0. The number of anilines is 1. The Labute approximate surface area is 121 Å². The third kappa shape index (κ3) is 3.57. The molecule has 2 rings (SSSR count). The van der Waals surface area contributed by atoms with E-state index >= 15 is 0 Å². The summed E-state index contributed by atoms with van der Waals surface area (Å²) in [5.41, 5.74) is 1.85. The first kappa shape index (κ1) is 15.0. The van der Waals surface area contributed by atoms with Crippen LogP contribution >= 0.6 is 0 Å². The van der Waals surface area contributed by atoms with E-state index in [-0.39, 0.29) is 18.9 Å². The number of aliphatic hydroxyl groups excluding tert-OH is 1. The van der Waals surface area contributed by atoms with Gasteiger partial charge in [0.25, 0.3) is 5.91 Å². The molecule has 112 valence electrons. The highest BCUT2D eigenvalue weighted by Gasteiger charge is 2.21. The molecular weight excluding hydrogens is 276 g/mol. The summed E-state index contributed by atoms with van der Waals surface area (Å²) in [4.78, 5) is 34.3. The van der Waals surface area contributed by atoms with Gasteiger partial charge in [-0.05, 0) is 30.2 Å². The maximum Gasteiger partial charge on any atom is 0.326 e. The van der Waals surface area contributed by atoms with Gasteiger partial charge in [-0.15, -0.1) is 0 Å². The smallest absolute Gasteiger partial charge is 0.326 e. The van der Waals surface area contributed by atoms with Crippen molar-refractivity contribution in [2.75, 3.05) is 11.9 Å². The van der Waals surface area contributed by atoms with Gasteiger partial charge in [-0.3, -0.25) is 9.59 Å². The molecule has 4 N–H and O–H groups in total. The fraction of sp³-hybridized carbons (Fsp3) is 0.357. The minimum Gasteiger partial charge on any atom is -0.480 e. The second-order valence-electron chi connectivity index (χ2n) is 4.80. The molecule has 0 radical (unpaired) electrons. The minimum absolute atomic E-state index is 0.0535. The molecule has 21 heavy (non-hydrogen) atoms. The molecule has 0 saturated heterocycles. The van der Waals surface area contributed by atoms with Crippen LogP contribution < -0.4 is 10.6 Å². The van der Waals surface area contributed by atoms with Crippen molar-refractivity contribution in [2.24, 2.45) is 0 Å². The summed E-state index contributed by atoms with van der Waals surface area (Å²) in [6.07, 6.45) is 0.851. The largest absolute Gasteiger partial charge is 0.480 e. The van der Waals surface area contributed by atoms with Crippen LogP contribution in [-0.2, 0) is 16.0 Å². The number of hydrogen-bond acceptors (Lipinski definition) is 4. The van der Waals surface area contributed by atoms with Gasteiger partial charge in [0, 0.05) is 30.7 Å². The van der Waals surface area contributed by atoms with Gasteiger partial charge in [0.1, 0.15) is 6.04 Å². The summed E-state index contributed by atoms with van der Waals surface area (Å²) >= 11 is 0. The van der Waals surface area contributed by atoms with E-state index in [9.17, 15) is 14.4 Å². The number of carboxylic acids is 1. The van der Waals surface area contributed by atoms with Crippen molar-refractivity contribution >= 4 is 23.5 Å². The molecule has 0 spiro atoms. The number of benzene rings is 1. The van der Waals surface area contributed by atoms with Gasteiger partial charge in [-0.2, -0.15) is 0 Å². The van der Waals surface area contributed by atoms with Crippen LogP contribution in [0.1, 0.15) is 28.8 Å². The van der Waals surface area contributed by atoms with Crippen molar-refractivity contribution in [3.63, 3.8) is 0 Å².